The molecule has 0 aliphatic carbocycles. The van der Waals surface area contributed by atoms with E-state index >= 15 is 0 Å². The Kier molecular flexibility index (Phi) is 3.65. The highest BCUT2D eigenvalue weighted by atomic mass is 32.2. The molecule has 1 N–H and O–H groups in total. The van der Waals surface area contributed by atoms with Crippen LogP contribution in [0.15, 0.2) is 46.4 Å². The summed E-state index contributed by atoms with van der Waals surface area (Å²) >= 11 is 1.20. The van der Waals surface area contributed by atoms with Crippen LogP contribution in [0.1, 0.15) is 10.5 Å². The smallest absolute Gasteiger partial charge is 0.266 e. The Balaban J connectivity index is 1.89. The Morgan fingerprint density at radius 2 is 2.18 bits per heavy atom. The molecule has 0 saturated carbocycles. The summed E-state index contributed by atoms with van der Waals surface area (Å²) in [7, 11) is -4.02. The molecule has 2 aromatic heterocycles. The molecule has 0 unspecified atom stereocenters. The average Bonchev–Trinajstić information content (AvgIpc) is 3.20. The van der Waals surface area contributed by atoms with Gasteiger partial charge in [-0.15, -0.1) is 16.4 Å². The minimum Gasteiger partial charge on any atom is -0.266 e. The summed E-state index contributed by atoms with van der Waals surface area (Å²) in [5.41, 5.74) is 1.94. The van der Waals surface area contributed by atoms with Crippen LogP contribution >= 0.6 is 11.3 Å². The summed E-state index contributed by atoms with van der Waals surface area (Å²) in [6.07, 6.45) is 1.33. The lowest BCUT2D eigenvalue weighted by atomic mass is 10.3. The lowest BCUT2D eigenvalue weighted by molar-refractivity contribution is 0.0977. The molecule has 112 valence electrons. The van der Waals surface area contributed by atoms with Crippen molar-refractivity contribution in [2.75, 3.05) is 0 Å². The van der Waals surface area contributed by atoms with E-state index in [4.69, 9.17) is 0 Å². The highest BCUT2D eigenvalue weighted by Crippen LogP contribution is 2.14. The topological polar surface area (TPSA) is 120 Å². The van der Waals surface area contributed by atoms with Crippen molar-refractivity contribution in [2.45, 2.75) is 4.90 Å². The quantitative estimate of drug-likeness (QED) is 0.724. The van der Waals surface area contributed by atoms with Gasteiger partial charge in [0, 0.05) is 5.38 Å². The second kappa shape index (κ2) is 5.61. The van der Waals surface area contributed by atoms with Crippen LogP contribution in [-0.2, 0) is 10.0 Å². The predicted octanol–water partition coefficient (Wildman–Crippen LogP) is 0.237. The van der Waals surface area contributed by atoms with E-state index < -0.39 is 15.9 Å². The first-order valence-electron chi connectivity index (χ1n) is 5.85. The normalized spacial score (nSPS) is 11.3. The number of thiazole rings is 1. The van der Waals surface area contributed by atoms with Gasteiger partial charge in [-0.3, -0.25) is 4.79 Å². The molecule has 0 spiro atoms. The summed E-state index contributed by atoms with van der Waals surface area (Å²) < 4.78 is 27.8. The van der Waals surface area contributed by atoms with Crippen molar-refractivity contribution in [2.24, 2.45) is 0 Å². The number of amides is 1. The van der Waals surface area contributed by atoms with Crippen LogP contribution in [0.2, 0.25) is 0 Å². The van der Waals surface area contributed by atoms with Crippen LogP contribution in [0.5, 0.6) is 0 Å². The van der Waals surface area contributed by atoms with Crippen molar-refractivity contribution in [3.8, 4) is 5.69 Å². The largest absolute Gasteiger partial charge is 0.284 e. The van der Waals surface area contributed by atoms with Gasteiger partial charge in [0.05, 0.1) is 16.1 Å². The molecule has 0 atom stereocenters. The van der Waals surface area contributed by atoms with Crippen LogP contribution in [0.25, 0.3) is 5.69 Å². The molecule has 0 aliphatic rings. The zero-order valence-corrected chi connectivity index (χ0v) is 12.5. The van der Waals surface area contributed by atoms with Gasteiger partial charge in [0.25, 0.3) is 15.9 Å². The van der Waals surface area contributed by atoms with Gasteiger partial charge in [0.15, 0.2) is 0 Å². The van der Waals surface area contributed by atoms with Crippen LogP contribution in [0, 0.1) is 0 Å². The van der Waals surface area contributed by atoms with E-state index in [0.717, 1.165) is 0 Å². The average molecular weight is 336 g/mol. The molecule has 0 radical (unpaired) electrons. The first-order valence-corrected chi connectivity index (χ1v) is 8.27. The summed E-state index contributed by atoms with van der Waals surface area (Å²) in [5.74, 6) is -0.783. The lowest BCUT2D eigenvalue weighted by Crippen LogP contribution is -2.30. The molecule has 0 aliphatic heterocycles. The van der Waals surface area contributed by atoms with E-state index in [1.54, 1.807) is 6.07 Å². The molecular weight excluding hydrogens is 328 g/mol. The molecule has 3 rings (SSSR count). The van der Waals surface area contributed by atoms with Crippen LogP contribution in [-0.4, -0.2) is 39.5 Å². The van der Waals surface area contributed by atoms with Crippen molar-refractivity contribution in [3.05, 3.63) is 47.2 Å². The van der Waals surface area contributed by atoms with E-state index in [1.165, 1.54) is 51.4 Å². The van der Waals surface area contributed by atoms with Crippen molar-refractivity contribution >= 4 is 27.3 Å². The number of nitrogens with zero attached hydrogens (tertiary/aromatic N) is 5. The van der Waals surface area contributed by atoms with Gasteiger partial charge >= 0.3 is 0 Å². The van der Waals surface area contributed by atoms with Crippen LogP contribution in [0.3, 0.4) is 0 Å². The fourth-order valence-corrected chi connectivity index (χ4v) is 3.16. The third kappa shape index (κ3) is 2.84. The van der Waals surface area contributed by atoms with E-state index in [0.29, 0.717) is 5.69 Å². The van der Waals surface area contributed by atoms with Crippen molar-refractivity contribution < 1.29 is 13.2 Å². The Morgan fingerprint density at radius 3 is 2.86 bits per heavy atom. The number of tetrazole rings is 1. The number of carbonyl (C=O) groups excluding carboxylic acids is 1. The van der Waals surface area contributed by atoms with Gasteiger partial charge in [-0.2, -0.15) is 0 Å². The van der Waals surface area contributed by atoms with E-state index in [2.05, 4.69) is 20.5 Å². The molecule has 1 aromatic carbocycles. The maximum absolute atomic E-state index is 12.2. The standard InChI is InChI=1S/C11H8N6O3S2/c18-11(10-5-21-7-12-10)14-22(19,20)9-3-1-2-8(4-9)17-6-13-15-16-17/h1-7H,(H,14,18). The number of benzene rings is 1. The predicted molar refractivity (Wildman–Crippen MR) is 75.9 cm³/mol. The summed E-state index contributed by atoms with van der Waals surface area (Å²) in [4.78, 5) is 15.5. The molecule has 9 nitrogen and oxygen atoms in total. The van der Waals surface area contributed by atoms with Gasteiger partial charge in [0.2, 0.25) is 0 Å². The van der Waals surface area contributed by atoms with Crippen LogP contribution in [0.4, 0.5) is 0 Å². The zero-order chi connectivity index (χ0) is 15.6. The molecule has 0 bridgehead atoms. The monoisotopic (exact) mass is 336 g/mol. The Bertz CT molecular complexity index is 890. The number of hydrogen-bond acceptors (Lipinski definition) is 8. The van der Waals surface area contributed by atoms with Gasteiger partial charge in [-0.25, -0.2) is 22.8 Å². The van der Waals surface area contributed by atoms with Gasteiger partial charge in [0.1, 0.15) is 12.0 Å². The van der Waals surface area contributed by atoms with E-state index in [-0.39, 0.29) is 10.6 Å². The molecule has 1 amide bonds. The minimum atomic E-state index is -4.02. The second-order valence-corrected chi connectivity index (χ2v) is 6.46. The number of aromatic nitrogens is 5. The summed E-state index contributed by atoms with van der Waals surface area (Å²) in [6, 6.07) is 5.88. The summed E-state index contributed by atoms with van der Waals surface area (Å²) in [5, 5.41) is 12.1. The first kappa shape index (κ1) is 14.3. The number of sulfonamides is 1. The molecule has 22 heavy (non-hydrogen) atoms. The van der Waals surface area contributed by atoms with E-state index in [1.807, 2.05) is 4.72 Å². The Hall–Kier alpha value is -2.66. The fraction of sp³-hybridized carbons (Fsp3) is 0. The SMILES string of the molecule is O=C(NS(=O)(=O)c1cccc(-n2cnnn2)c1)c1cscn1. The third-order valence-electron chi connectivity index (χ3n) is 2.63. The van der Waals surface area contributed by atoms with Gasteiger partial charge in [-0.1, -0.05) is 6.07 Å². The maximum Gasteiger partial charge on any atom is 0.284 e. The first-order chi connectivity index (χ1) is 10.6. The highest BCUT2D eigenvalue weighted by molar-refractivity contribution is 7.90. The molecule has 3 aromatic rings. The van der Waals surface area contributed by atoms with Crippen molar-refractivity contribution in [1.82, 2.24) is 29.9 Å². The second-order valence-electron chi connectivity index (χ2n) is 4.06. The Labute approximate surface area is 128 Å². The highest BCUT2D eigenvalue weighted by Gasteiger charge is 2.20. The zero-order valence-electron chi connectivity index (χ0n) is 10.8. The fourth-order valence-electron chi connectivity index (χ4n) is 1.63. The molecule has 11 heteroatoms. The number of nitrogens with one attached hydrogen (secondary N) is 1. The molecule has 0 fully saturated rings. The summed E-state index contributed by atoms with van der Waals surface area (Å²) in [6.45, 7) is 0. The molecule has 0 saturated heterocycles. The number of hydrogen-bond donors (Lipinski definition) is 1. The minimum absolute atomic E-state index is 0.0465. The van der Waals surface area contributed by atoms with Crippen LogP contribution < -0.4 is 4.72 Å². The number of carbonyl (C=O) groups is 1. The maximum atomic E-state index is 12.2. The van der Waals surface area contributed by atoms with Crippen molar-refractivity contribution in [3.63, 3.8) is 0 Å². The molecular formula is C11H8N6O3S2. The van der Waals surface area contributed by atoms with Gasteiger partial charge in [-0.05, 0) is 28.6 Å². The third-order valence-corrected chi connectivity index (χ3v) is 4.55. The number of rotatable bonds is 4. The molecule has 2 heterocycles. The van der Waals surface area contributed by atoms with Crippen molar-refractivity contribution in [1.29, 1.82) is 0 Å². The lowest BCUT2D eigenvalue weighted by Gasteiger charge is -2.07. The van der Waals surface area contributed by atoms with Gasteiger partial charge < -0.3 is 0 Å². The van der Waals surface area contributed by atoms with E-state index in [9.17, 15) is 13.2 Å². The Morgan fingerprint density at radius 1 is 1.32 bits per heavy atom.